The molecule has 9 aromatic carbocycles. The zero-order valence-corrected chi connectivity index (χ0v) is 57.8. The van der Waals surface area contributed by atoms with Crippen LogP contribution in [0.25, 0.3) is 66.1 Å². The minimum atomic E-state index is -0.964. The Morgan fingerprint density at radius 3 is 1.14 bits per heavy atom. The van der Waals surface area contributed by atoms with Gasteiger partial charge in [-0.3, -0.25) is 0 Å². The molecule has 1 saturated heterocycles. The molecular formula is C86H85N3O12. The Kier molecular flexibility index (Phi) is 20.8. The lowest BCUT2D eigenvalue weighted by atomic mass is 9.86. The molecule has 15 heteroatoms. The molecule has 516 valence electrons. The van der Waals surface area contributed by atoms with E-state index in [1.807, 2.05) is 220 Å². The van der Waals surface area contributed by atoms with Gasteiger partial charge in [0, 0.05) is 75.6 Å². The molecule has 1 aliphatic heterocycles. The molecule has 3 N–H and O–H groups in total. The molecular weight excluding hydrogens is 1270 g/mol. The summed E-state index contributed by atoms with van der Waals surface area (Å²) in [4.78, 5) is 37.6. The minimum absolute atomic E-state index is 0.0365. The van der Waals surface area contributed by atoms with Crippen LogP contribution in [0.1, 0.15) is 119 Å². The van der Waals surface area contributed by atoms with Gasteiger partial charge in [0.2, 0.25) is 0 Å². The number of nitrogens with zero attached hydrogens (tertiary/aromatic N) is 3. The molecule has 15 nitrogen and oxygen atoms in total. The maximum Gasteiger partial charge on any atom is 0.353 e. The molecule has 3 fully saturated rings. The number of rotatable bonds is 23. The van der Waals surface area contributed by atoms with Gasteiger partial charge >= 0.3 is 17.9 Å². The van der Waals surface area contributed by atoms with Gasteiger partial charge in [0.1, 0.15) is 52.4 Å². The number of benzene rings is 9. The molecule has 0 amide bonds. The number of carboxylic acids is 3. The summed E-state index contributed by atoms with van der Waals surface area (Å²) in [6.07, 6.45) is 8.42. The maximum absolute atomic E-state index is 12.6. The maximum atomic E-state index is 12.6. The van der Waals surface area contributed by atoms with Crippen LogP contribution in [-0.4, -0.2) is 93.7 Å². The van der Waals surface area contributed by atoms with Crippen molar-refractivity contribution in [3.8, 4) is 62.1 Å². The molecule has 12 aromatic rings. The lowest BCUT2D eigenvalue weighted by Gasteiger charge is -2.22. The Labute approximate surface area is 588 Å². The van der Waals surface area contributed by atoms with Crippen LogP contribution in [0.2, 0.25) is 0 Å². The summed E-state index contributed by atoms with van der Waals surface area (Å²) in [5.41, 5.74) is 12.6. The second-order valence-electron chi connectivity index (χ2n) is 27.4. The average Bonchev–Trinajstić information content (AvgIpc) is 1.61. The van der Waals surface area contributed by atoms with E-state index < -0.39 is 17.9 Å². The molecule has 3 aromatic heterocycles. The van der Waals surface area contributed by atoms with E-state index in [0.29, 0.717) is 49.3 Å². The summed E-state index contributed by atoms with van der Waals surface area (Å²) >= 11 is 0. The van der Waals surface area contributed by atoms with Crippen molar-refractivity contribution in [1.82, 2.24) is 13.7 Å². The standard InChI is InChI=1S/C30H31NO3.C29H29NO5.C27H25NO4/c1-30(2,3)23-15-13-22(14-16-23)27-25-9-4-5-10-26(25)31(28(27)29(32)33)18-21-7-6-8-24(17-21)34-19-20-11-12-20;1-33-23-9-6-7-20(17-23)18-30-26-11-3-2-10-25(26)27(28(30)29(31)32)21-12-14-22(15-13-21)35-19-24-8-4-5-16-34-24;1-31-21-13-11-20(12-14-21)25-23-7-2-3-8-24(23)28(26(25)27(29)30)16-19-5-4-6-22(15-19)32-17-18-9-10-18/h4-10,13-17,20H,11-12,18-19H2,1-3H3,(H,32,33);2-3,6-7,9-15,17,24H,4-5,8,16,18-19H2,1H3,(H,31,32);2-8,11-15,18H,9-10,16-17H2,1H3,(H,29,30). The molecule has 101 heavy (non-hydrogen) atoms. The van der Waals surface area contributed by atoms with Crippen molar-refractivity contribution in [3.63, 3.8) is 0 Å². The van der Waals surface area contributed by atoms with Crippen LogP contribution >= 0.6 is 0 Å². The number of carbonyl (C=O) groups is 3. The number of para-hydroxylation sites is 3. The molecule has 0 radical (unpaired) electrons. The fourth-order valence-electron chi connectivity index (χ4n) is 13.5. The summed E-state index contributed by atoms with van der Waals surface area (Å²) in [5.74, 6) is 2.42. The highest BCUT2D eigenvalue weighted by Gasteiger charge is 2.29. The third-order valence-electron chi connectivity index (χ3n) is 19.1. The van der Waals surface area contributed by atoms with Gasteiger partial charge in [-0.2, -0.15) is 0 Å². The van der Waals surface area contributed by atoms with Crippen LogP contribution in [0, 0.1) is 11.8 Å². The lowest BCUT2D eigenvalue weighted by molar-refractivity contribution is -0.0110. The smallest absolute Gasteiger partial charge is 0.353 e. The van der Waals surface area contributed by atoms with E-state index in [2.05, 4.69) is 32.9 Å². The average molecular weight is 1350 g/mol. The topological polar surface area (TPSA) is 182 Å². The molecule has 4 heterocycles. The largest absolute Gasteiger partial charge is 0.497 e. The van der Waals surface area contributed by atoms with Gasteiger partial charge < -0.3 is 57.4 Å². The molecule has 0 bridgehead atoms. The number of carboxylic acid groups (broad SMARTS) is 3. The first kappa shape index (κ1) is 68.5. The van der Waals surface area contributed by atoms with Gasteiger partial charge in [-0.25, -0.2) is 14.4 Å². The van der Waals surface area contributed by atoms with E-state index >= 15 is 0 Å². The highest BCUT2D eigenvalue weighted by atomic mass is 16.5. The van der Waals surface area contributed by atoms with Crippen LogP contribution in [-0.2, 0) is 29.8 Å². The number of fused-ring (bicyclic) bond motifs is 3. The number of ether oxygens (including phenoxy) is 6. The summed E-state index contributed by atoms with van der Waals surface area (Å²) in [6, 6.07) is 70.8. The first-order chi connectivity index (χ1) is 49.1. The highest BCUT2D eigenvalue weighted by Crippen LogP contribution is 2.41. The monoisotopic (exact) mass is 1350 g/mol. The van der Waals surface area contributed by atoms with Gasteiger partial charge in [-0.1, -0.05) is 160 Å². The number of aromatic carboxylic acids is 3. The Balaban J connectivity index is 0.000000136. The van der Waals surface area contributed by atoms with E-state index in [0.717, 1.165) is 139 Å². The summed E-state index contributed by atoms with van der Waals surface area (Å²) in [7, 11) is 3.24. The van der Waals surface area contributed by atoms with Gasteiger partial charge in [-0.05, 0) is 180 Å². The second kappa shape index (κ2) is 30.6. The minimum Gasteiger partial charge on any atom is -0.497 e. The number of methoxy groups -OCH3 is 2. The van der Waals surface area contributed by atoms with Crippen LogP contribution in [0.5, 0.6) is 28.7 Å². The van der Waals surface area contributed by atoms with Crippen molar-refractivity contribution in [2.75, 3.05) is 40.6 Å². The van der Waals surface area contributed by atoms with Crippen molar-refractivity contribution in [1.29, 1.82) is 0 Å². The van der Waals surface area contributed by atoms with Crippen LogP contribution in [0.15, 0.2) is 218 Å². The Bertz CT molecular complexity index is 4910. The number of aromatic nitrogens is 3. The van der Waals surface area contributed by atoms with Gasteiger partial charge in [-0.15, -0.1) is 0 Å². The van der Waals surface area contributed by atoms with Gasteiger partial charge in [0.05, 0.1) is 33.5 Å². The highest BCUT2D eigenvalue weighted by molar-refractivity contribution is 6.10. The summed E-state index contributed by atoms with van der Waals surface area (Å²) < 4.78 is 39.9. The molecule has 1 atom stereocenters. The van der Waals surface area contributed by atoms with E-state index in [9.17, 15) is 29.7 Å². The number of hydrogen-bond acceptors (Lipinski definition) is 9. The summed E-state index contributed by atoms with van der Waals surface area (Å²) in [6.45, 7) is 10.7. The number of hydrogen-bond donors (Lipinski definition) is 3. The summed E-state index contributed by atoms with van der Waals surface area (Å²) in [5, 5.41) is 33.6. The fraction of sp³-hybridized carbons (Fsp3) is 0.267. The van der Waals surface area contributed by atoms with Gasteiger partial charge in [0.15, 0.2) is 0 Å². The molecule has 3 aliphatic rings. The van der Waals surface area contributed by atoms with E-state index in [4.69, 9.17) is 28.4 Å². The Hall–Kier alpha value is -11.0. The third kappa shape index (κ3) is 16.0. The Morgan fingerprint density at radius 2 is 0.772 bits per heavy atom. The lowest BCUT2D eigenvalue weighted by Crippen LogP contribution is -2.25. The second-order valence-corrected chi connectivity index (χ2v) is 27.4. The predicted octanol–water partition coefficient (Wildman–Crippen LogP) is 19.0. The predicted molar refractivity (Wildman–Crippen MR) is 397 cm³/mol. The zero-order chi connectivity index (χ0) is 70.2. The van der Waals surface area contributed by atoms with Crippen LogP contribution < -0.4 is 23.7 Å². The van der Waals surface area contributed by atoms with Gasteiger partial charge in [0.25, 0.3) is 0 Å². The van der Waals surface area contributed by atoms with Crippen molar-refractivity contribution in [3.05, 3.63) is 258 Å². The first-order valence-corrected chi connectivity index (χ1v) is 34.8. The SMILES string of the molecule is CC(C)(C)c1ccc(-c2c(C(=O)O)n(Cc3cccc(OCC4CC4)c3)c3ccccc23)cc1.COc1ccc(-c2c(C(=O)O)n(Cc3cccc(OCC4CC4)c3)c3ccccc23)cc1.COc1cccc(Cn2c(C(=O)O)c(-c3ccc(OCC4CCCCO4)cc3)c3ccccc32)c1. The van der Waals surface area contributed by atoms with Crippen molar-refractivity contribution < 1.29 is 58.1 Å². The van der Waals surface area contributed by atoms with Crippen LogP contribution in [0.3, 0.4) is 0 Å². The molecule has 2 aliphatic carbocycles. The molecule has 0 spiro atoms. The van der Waals surface area contributed by atoms with E-state index in [1.165, 1.54) is 37.7 Å². The quantitative estimate of drug-likeness (QED) is 0.0552. The zero-order valence-electron chi connectivity index (χ0n) is 57.8. The first-order valence-electron chi connectivity index (χ1n) is 34.8. The fourth-order valence-corrected chi connectivity index (χ4v) is 13.5. The molecule has 15 rings (SSSR count). The van der Waals surface area contributed by atoms with E-state index in [1.54, 1.807) is 14.2 Å². The van der Waals surface area contributed by atoms with Crippen molar-refractivity contribution >= 4 is 50.6 Å². The van der Waals surface area contributed by atoms with Crippen molar-refractivity contribution in [2.24, 2.45) is 11.8 Å². The van der Waals surface area contributed by atoms with Crippen LogP contribution in [0.4, 0.5) is 0 Å². The third-order valence-corrected chi connectivity index (χ3v) is 19.1. The van der Waals surface area contributed by atoms with Crippen molar-refractivity contribution in [2.45, 2.75) is 96.9 Å². The Morgan fingerprint density at radius 1 is 0.406 bits per heavy atom. The molecule has 2 saturated carbocycles. The normalized spacial score (nSPS) is 14.3. The van der Waals surface area contributed by atoms with E-state index in [-0.39, 0.29) is 22.9 Å². The molecule has 1 unspecified atom stereocenters.